The van der Waals surface area contributed by atoms with Crippen LogP contribution in [0, 0.1) is 0 Å². The maximum atomic E-state index is 5.90. The molecule has 0 bridgehead atoms. The van der Waals surface area contributed by atoms with Crippen LogP contribution in [-0.2, 0) is 0 Å². The SMILES string of the molecule is CSc1nccc(-n2nc(Nc3ccccc3)nc2N)n1. The molecule has 21 heavy (non-hydrogen) atoms. The molecule has 3 N–H and O–H groups in total. The molecular weight excluding hydrogens is 286 g/mol. The average molecular weight is 299 g/mol. The van der Waals surface area contributed by atoms with Gasteiger partial charge in [-0.2, -0.15) is 9.67 Å². The monoisotopic (exact) mass is 299 g/mol. The van der Waals surface area contributed by atoms with Gasteiger partial charge >= 0.3 is 0 Å². The van der Waals surface area contributed by atoms with E-state index in [2.05, 4.69) is 25.4 Å². The normalized spacial score (nSPS) is 10.5. The van der Waals surface area contributed by atoms with E-state index in [9.17, 15) is 0 Å². The topological polar surface area (TPSA) is 94.5 Å². The van der Waals surface area contributed by atoms with Gasteiger partial charge in [-0.15, -0.1) is 5.10 Å². The van der Waals surface area contributed by atoms with Crippen molar-refractivity contribution in [3.05, 3.63) is 42.6 Å². The lowest BCUT2D eigenvalue weighted by molar-refractivity contribution is 0.817. The Morgan fingerprint density at radius 2 is 1.95 bits per heavy atom. The molecule has 1 aromatic carbocycles. The highest BCUT2D eigenvalue weighted by atomic mass is 32.2. The van der Waals surface area contributed by atoms with Crippen LogP contribution < -0.4 is 11.1 Å². The molecule has 8 heteroatoms. The van der Waals surface area contributed by atoms with Crippen LogP contribution in [0.1, 0.15) is 0 Å². The molecule has 0 aliphatic heterocycles. The zero-order chi connectivity index (χ0) is 14.7. The molecule has 0 aliphatic rings. The highest BCUT2D eigenvalue weighted by Gasteiger charge is 2.10. The summed E-state index contributed by atoms with van der Waals surface area (Å²) in [5.74, 6) is 1.27. The van der Waals surface area contributed by atoms with E-state index in [0.29, 0.717) is 16.9 Å². The number of aromatic nitrogens is 5. The molecule has 0 spiro atoms. The number of anilines is 3. The third kappa shape index (κ3) is 2.95. The molecule has 0 atom stereocenters. The van der Waals surface area contributed by atoms with Gasteiger partial charge in [-0.25, -0.2) is 9.97 Å². The Morgan fingerprint density at radius 1 is 1.14 bits per heavy atom. The van der Waals surface area contributed by atoms with Crippen LogP contribution in [-0.4, -0.2) is 31.0 Å². The van der Waals surface area contributed by atoms with Gasteiger partial charge < -0.3 is 11.1 Å². The van der Waals surface area contributed by atoms with E-state index in [1.165, 1.54) is 16.4 Å². The Hall–Kier alpha value is -2.61. The predicted octanol–water partition coefficient (Wildman–Crippen LogP) is 2.10. The van der Waals surface area contributed by atoms with Gasteiger partial charge in [0, 0.05) is 18.0 Å². The van der Waals surface area contributed by atoms with Crippen LogP contribution in [0.2, 0.25) is 0 Å². The second-order valence-electron chi connectivity index (χ2n) is 4.10. The molecule has 0 aliphatic carbocycles. The Kier molecular flexibility index (Phi) is 3.69. The molecule has 106 valence electrons. The van der Waals surface area contributed by atoms with Crippen molar-refractivity contribution >= 4 is 29.3 Å². The van der Waals surface area contributed by atoms with Crippen LogP contribution in [0.3, 0.4) is 0 Å². The highest BCUT2D eigenvalue weighted by molar-refractivity contribution is 7.98. The summed E-state index contributed by atoms with van der Waals surface area (Å²) in [5, 5.41) is 8.07. The molecule has 7 nitrogen and oxygen atoms in total. The summed E-state index contributed by atoms with van der Waals surface area (Å²) in [6.45, 7) is 0. The molecule has 3 rings (SSSR count). The number of nitrogens with zero attached hydrogens (tertiary/aromatic N) is 5. The van der Waals surface area contributed by atoms with Gasteiger partial charge in [0.15, 0.2) is 11.0 Å². The van der Waals surface area contributed by atoms with Crippen molar-refractivity contribution in [1.82, 2.24) is 24.7 Å². The summed E-state index contributed by atoms with van der Waals surface area (Å²) >= 11 is 1.45. The molecule has 0 saturated heterocycles. The Balaban J connectivity index is 1.90. The number of para-hydroxylation sites is 1. The van der Waals surface area contributed by atoms with Crippen molar-refractivity contribution in [3.63, 3.8) is 0 Å². The van der Waals surface area contributed by atoms with Crippen molar-refractivity contribution in [2.24, 2.45) is 0 Å². The number of nitrogens with two attached hydrogens (primary N) is 1. The van der Waals surface area contributed by atoms with E-state index in [1.54, 1.807) is 12.3 Å². The number of benzene rings is 1. The first-order valence-corrected chi connectivity index (χ1v) is 7.41. The lowest BCUT2D eigenvalue weighted by atomic mass is 10.3. The molecule has 0 unspecified atom stereocenters. The summed E-state index contributed by atoms with van der Waals surface area (Å²) < 4.78 is 1.48. The van der Waals surface area contributed by atoms with Crippen LogP contribution >= 0.6 is 11.8 Å². The fourth-order valence-corrected chi connectivity index (χ4v) is 2.10. The van der Waals surface area contributed by atoms with Crippen LogP contribution in [0.25, 0.3) is 5.82 Å². The zero-order valence-electron chi connectivity index (χ0n) is 11.3. The smallest absolute Gasteiger partial charge is 0.248 e. The van der Waals surface area contributed by atoms with E-state index < -0.39 is 0 Å². The van der Waals surface area contributed by atoms with Crippen molar-refractivity contribution in [2.45, 2.75) is 5.16 Å². The third-order valence-corrected chi connectivity index (χ3v) is 3.24. The van der Waals surface area contributed by atoms with E-state index in [4.69, 9.17) is 5.73 Å². The molecule has 3 aromatic rings. The number of thioether (sulfide) groups is 1. The van der Waals surface area contributed by atoms with Crippen LogP contribution in [0.5, 0.6) is 0 Å². The quantitative estimate of drug-likeness (QED) is 0.562. The predicted molar refractivity (Wildman–Crippen MR) is 82.9 cm³/mol. The first-order valence-electron chi connectivity index (χ1n) is 6.18. The summed E-state index contributed by atoms with van der Waals surface area (Å²) in [4.78, 5) is 12.7. The highest BCUT2D eigenvalue weighted by Crippen LogP contribution is 2.17. The first-order chi connectivity index (χ1) is 10.3. The van der Waals surface area contributed by atoms with E-state index in [-0.39, 0.29) is 5.95 Å². The second kappa shape index (κ2) is 5.80. The van der Waals surface area contributed by atoms with Gasteiger partial charge in [0.1, 0.15) is 0 Å². The maximum absolute atomic E-state index is 5.90. The summed E-state index contributed by atoms with van der Waals surface area (Å²) in [6, 6.07) is 11.4. The maximum Gasteiger partial charge on any atom is 0.248 e. The summed E-state index contributed by atoms with van der Waals surface area (Å²) in [6.07, 6.45) is 3.58. The standard InChI is InChI=1S/C13H13N7S/c1-21-13-15-8-7-10(17-13)20-11(14)18-12(19-20)16-9-5-3-2-4-6-9/h2-8H,1H3,(H3,14,16,18,19). The summed E-state index contributed by atoms with van der Waals surface area (Å²) in [5.41, 5.74) is 6.79. The number of nitrogens with one attached hydrogen (secondary N) is 1. The van der Waals surface area contributed by atoms with E-state index in [1.807, 2.05) is 36.6 Å². The largest absolute Gasteiger partial charge is 0.368 e. The molecule has 0 fully saturated rings. The minimum Gasteiger partial charge on any atom is -0.368 e. The van der Waals surface area contributed by atoms with Gasteiger partial charge in [0.2, 0.25) is 11.9 Å². The number of hydrogen-bond acceptors (Lipinski definition) is 7. The van der Waals surface area contributed by atoms with Crippen LogP contribution in [0.15, 0.2) is 47.8 Å². The Morgan fingerprint density at radius 3 is 2.71 bits per heavy atom. The minimum atomic E-state index is 0.263. The molecular formula is C13H13N7S. The number of nitrogen functional groups attached to an aromatic ring is 1. The van der Waals surface area contributed by atoms with Gasteiger partial charge in [0.25, 0.3) is 0 Å². The number of hydrogen-bond donors (Lipinski definition) is 2. The van der Waals surface area contributed by atoms with Crippen molar-refractivity contribution in [1.29, 1.82) is 0 Å². The zero-order valence-corrected chi connectivity index (χ0v) is 12.1. The summed E-state index contributed by atoms with van der Waals surface area (Å²) in [7, 11) is 0. The lowest BCUT2D eigenvalue weighted by Crippen LogP contribution is -2.05. The van der Waals surface area contributed by atoms with Crippen LogP contribution in [0.4, 0.5) is 17.6 Å². The van der Waals surface area contributed by atoms with Gasteiger partial charge in [-0.05, 0) is 18.4 Å². The fourth-order valence-electron chi connectivity index (χ4n) is 1.74. The van der Waals surface area contributed by atoms with Crippen molar-refractivity contribution < 1.29 is 0 Å². The molecule has 0 radical (unpaired) electrons. The fraction of sp³-hybridized carbons (Fsp3) is 0.0769. The molecule has 2 heterocycles. The number of rotatable bonds is 4. The molecule has 0 amide bonds. The Bertz CT molecular complexity index is 741. The van der Waals surface area contributed by atoms with Crippen molar-refractivity contribution in [3.8, 4) is 5.82 Å². The molecule has 0 saturated carbocycles. The van der Waals surface area contributed by atoms with Gasteiger partial charge in [-0.3, -0.25) is 0 Å². The third-order valence-electron chi connectivity index (χ3n) is 2.68. The Labute approximate surface area is 125 Å². The average Bonchev–Trinajstić information content (AvgIpc) is 2.89. The molecule has 2 aromatic heterocycles. The van der Waals surface area contributed by atoms with Crippen molar-refractivity contribution in [2.75, 3.05) is 17.3 Å². The van der Waals surface area contributed by atoms with E-state index in [0.717, 1.165) is 5.69 Å². The lowest BCUT2D eigenvalue weighted by Gasteiger charge is -2.02. The second-order valence-corrected chi connectivity index (χ2v) is 4.87. The van der Waals surface area contributed by atoms with Gasteiger partial charge in [0.05, 0.1) is 0 Å². The minimum absolute atomic E-state index is 0.263. The van der Waals surface area contributed by atoms with Gasteiger partial charge in [-0.1, -0.05) is 30.0 Å². The first kappa shape index (κ1) is 13.4. The van der Waals surface area contributed by atoms with E-state index >= 15 is 0 Å².